The number of para-hydroxylation sites is 1. The first kappa shape index (κ1) is 14.0. The molecule has 0 aliphatic heterocycles. The number of imidazole rings is 1. The van der Waals surface area contributed by atoms with E-state index >= 15 is 0 Å². The van der Waals surface area contributed by atoms with Gasteiger partial charge in [-0.25, -0.2) is 9.97 Å². The van der Waals surface area contributed by atoms with Crippen LogP contribution in [0.1, 0.15) is 17.3 Å². The van der Waals surface area contributed by atoms with Gasteiger partial charge in [0.2, 0.25) is 0 Å². The predicted molar refractivity (Wildman–Crippen MR) is 85.2 cm³/mol. The van der Waals surface area contributed by atoms with Gasteiger partial charge < -0.3 is 4.90 Å². The zero-order valence-corrected chi connectivity index (χ0v) is 12.3. The normalized spacial score (nSPS) is 10.4. The molecule has 0 bridgehead atoms. The first-order valence-electron chi connectivity index (χ1n) is 7.11. The van der Waals surface area contributed by atoms with Crippen molar-refractivity contribution in [3.8, 4) is 5.82 Å². The maximum atomic E-state index is 12.8. The van der Waals surface area contributed by atoms with Gasteiger partial charge in [-0.15, -0.1) is 0 Å². The molecule has 2 aromatic heterocycles. The predicted octanol–water partition coefficient (Wildman–Crippen LogP) is 2.93. The molecule has 1 amide bonds. The number of hydrogen-bond acceptors (Lipinski definition) is 3. The van der Waals surface area contributed by atoms with Crippen molar-refractivity contribution in [2.24, 2.45) is 0 Å². The Balaban J connectivity index is 1.93. The number of aromatic nitrogens is 3. The highest BCUT2D eigenvalue weighted by molar-refractivity contribution is 6.06. The summed E-state index contributed by atoms with van der Waals surface area (Å²) in [5.41, 5.74) is 1.49. The van der Waals surface area contributed by atoms with Crippen LogP contribution in [0.3, 0.4) is 0 Å². The Morgan fingerprint density at radius 3 is 2.68 bits per heavy atom. The van der Waals surface area contributed by atoms with Crippen molar-refractivity contribution in [1.82, 2.24) is 14.5 Å². The Hall–Kier alpha value is -2.95. The van der Waals surface area contributed by atoms with Crippen LogP contribution in [0.4, 0.5) is 5.69 Å². The number of pyridine rings is 1. The Morgan fingerprint density at radius 1 is 1.18 bits per heavy atom. The van der Waals surface area contributed by atoms with Gasteiger partial charge in [0.25, 0.3) is 5.91 Å². The first-order chi connectivity index (χ1) is 10.8. The number of rotatable bonds is 4. The van der Waals surface area contributed by atoms with Gasteiger partial charge in [-0.3, -0.25) is 9.36 Å². The van der Waals surface area contributed by atoms with Crippen LogP contribution in [-0.2, 0) is 0 Å². The average Bonchev–Trinajstić information content (AvgIpc) is 3.11. The third kappa shape index (κ3) is 2.74. The van der Waals surface area contributed by atoms with E-state index in [0.29, 0.717) is 17.9 Å². The third-order valence-corrected chi connectivity index (χ3v) is 3.39. The van der Waals surface area contributed by atoms with E-state index in [1.807, 2.05) is 37.3 Å². The summed E-state index contributed by atoms with van der Waals surface area (Å²) in [5.74, 6) is 0.630. The van der Waals surface area contributed by atoms with Crippen LogP contribution in [0.25, 0.3) is 5.82 Å². The Bertz CT molecular complexity index is 753. The maximum Gasteiger partial charge on any atom is 0.258 e. The van der Waals surface area contributed by atoms with E-state index < -0.39 is 0 Å². The number of carbonyl (C=O) groups is 1. The lowest BCUT2D eigenvalue weighted by molar-refractivity contribution is 0.0988. The van der Waals surface area contributed by atoms with Gasteiger partial charge in [0.15, 0.2) is 0 Å². The molecular weight excluding hydrogens is 276 g/mol. The lowest BCUT2D eigenvalue weighted by Gasteiger charge is -2.21. The van der Waals surface area contributed by atoms with Gasteiger partial charge in [-0.05, 0) is 31.2 Å². The summed E-state index contributed by atoms with van der Waals surface area (Å²) in [6, 6.07) is 13.2. The molecule has 2 heterocycles. The van der Waals surface area contributed by atoms with Crippen molar-refractivity contribution in [3.63, 3.8) is 0 Å². The van der Waals surface area contributed by atoms with Gasteiger partial charge in [0.05, 0.1) is 0 Å². The van der Waals surface area contributed by atoms with E-state index in [4.69, 9.17) is 0 Å². The summed E-state index contributed by atoms with van der Waals surface area (Å²) in [6.45, 7) is 2.56. The molecule has 0 unspecified atom stereocenters. The first-order valence-corrected chi connectivity index (χ1v) is 7.11. The molecule has 0 spiro atoms. The van der Waals surface area contributed by atoms with Crippen molar-refractivity contribution in [2.75, 3.05) is 11.4 Å². The molecule has 1 aromatic carbocycles. The Morgan fingerprint density at radius 2 is 2.00 bits per heavy atom. The highest BCUT2D eigenvalue weighted by Gasteiger charge is 2.16. The van der Waals surface area contributed by atoms with E-state index in [9.17, 15) is 4.79 Å². The Labute approximate surface area is 128 Å². The Kier molecular flexibility index (Phi) is 3.96. The van der Waals surface area contributed by atoms with Crippen LogP contribution in [0, 0.1) is 0 Å². The van der Waals surface area contributed by atoms with Crippen LogP contribution in [0.5, 0.6) is 0 Å². The SMILES string of the molecule is CCN(C(=O)c1ccnc(-n2ccnc2)c1)c1ccccc1. The van der Waals surface area contributed by atoms with Crippen LogP contribution in [0.2, 0.25) is 0 Å². The molecule has 0 aliphatic rings. The zero-order chi connectivity index (χ0) is 15.4. The molecule has 0 saturated heterocycles. The minimum absolute atomic E-state index is 0.0440. The van der Waals surface area contributed by atoms with Crippen LogP contribution >= 0.6 is 0 Å². The largest absolute Gasteiger partial charge is 0.309 e. The summed E-state index contributed by atoms with van der Waals surface area (Å²) < 4.78 is 1.77. The number of amides is 1. The molecular formula is C17H16N4O. The fourth-order valence-electron chi connectivity index (χ4n) is 2.29. The molecule has 0 N–H and O–H groups in total. The van der Waals surface area contributed by atoms with Gasteiger partial charge in [-0.2, -0.15) is 0 Å². The summed E-state index contributed by atoms with van der Waals surface area (Å²) in [4.78, 5) is 22.8. The molecule has 0 atom stereocenters. The average molecular weight is 292 g/mol. The molecule has 5 heteroatoms. The molecule has 3 rings (SSSR count). The molecule has 22 heavy (non-hydrogen) atoms. The molecule has 3 aromatic rings. The minimum atomic E-state index is -0.0440. The van der Waals surface area contributed by atoms with Gasteiger partial charge >= 0.3 is 0 Å². The van der Waals surface area contributed by atoms with Crippen molar-refractivity contribution in [2.45, 2.75) is 6.92 Å². The molecule has 0 saturated carbocycles. The third-order valence-electron chi connectivity index (χ3n) is 3.39. The smallest absolute Gasteiger partial charge is 0.258 e. The van der Waals surface area contributed by atoms with E-state index in [1.165, 1.54) is 0 Å². The maximum absolute atomic E-state index is 12.8. The zero-order valence-electron chi connectivity index (χ0n) is 12.3. The molecule has 110 valence electrons. The minimum Gasteiger partial charge on any atom is -0.309 e. The molecule has 0 radical (unpaired) electrons. The quantitative estimate of drug-likeness (QED) is 0.743. The van der Waals surface area contributed by atoms with Crippen molar-refractivity contribution in [3.05, 3.63) is 72.9 Å². The number of benzene rings is 1. The number of nitrogens with zero attached hydrogens (tertiary/aromatic N) is 4. The lowest BCUT2D eigenvalue weighted by atomic mass is 10.2. The second-order valence-corrected chi connectivity index (χ2v) is 4.76. The van der Waals surface area contributed by atoms with Gasteiger partial charge in [0, 0.05) is 36.4 Å². The van der Waals surface area contributed by atoms with Gasteiger partial charge in [0.1, 0.15) is 12.1 Å². The molecule has 5 nitrogen and oxygen atoms in total. The standard InChI is InChI=1S/C17H16N4O/c1-2-21(15-6-4-3-5-7-15)17(22)14-8-9-19-16(12-14)20-11-10-18-13-20/h3-13H,2H2,1H3. The van der Waals surface area contributed by atoms with Crippen molar-refractivity contribution >= 4 is 11.6 Å². The number of anilines is 1. The topological polar surface area (TPSA) is 51.0 Å². The van der Waals surface area contributed by atoms with Crippen molar-refractivity contribution in [1.29, 1.82) is 0 Å². The van der Waals surface area contributed by atoms with Crippen LogP contribution in [0.15, 0.2) is 67.4 Å². The van der Waals surface area contributed by atoms with Crippen LogP contribution in [-0.4, -0.2) is 27.0 Å². The number of hydrogen-bond donors (Lipinski definition) is 0. The van der Waals surface area contributed by atoms with E-state index in [2.05, 4.69) is 9.97 Å². The summed E-state index contributed by atoms with van der Waals surface area (Å²) in [7, 11) is 0. The number of carbonyl (C=O) groups excluding carboxylic acids is 1. The van der Waals surface area contributed by atoms with E-state index in [-0.39, 0.29) is 5.91 Å². The van der Waals surface area contributed by atoms with Crippen LogP contribution < -0.4 is 4.90 Å². The highest BCUT2D eigenvalue weighted by Crippen LogP contribution is 2.17. The summed E-state index contributed by atoms with van der Waals surface area (Å²) >= 11 is 0. The second-order valence-electron chi connectivity index (χ2n) is 4.76. The van der Waals surface area contributed by atoms with E-state index in [0.717, 1.165) is 5.69 Å². The fourth-order valence-corrected chi connectivity index (χ4v) is 2.29. The monoisotopic (exact) mass is 292 g/mol. The summed E-state index contributed by atoms with van der Waals surface area (Å²) in [6.07, 6.45) is 6.77. The lowest BCUT2D eigenvalue weighted by Crippen LogP contribution is -2.30. The molecule has 0 fully saturated rings. The van der Waals surface area contributed by atoms with Crippen molar-refractivity contribution < 1.29 is 4.79 Å². The molecule has 0 aliphatic carbocycles. The highest BCUT2D eigenvalue weighted by atomic mass is 16.2. The fraction of sp³-hybridized carbons (Fsp3) is 0.118. The van der Waals surface area contributed by atoms with E-state index in [1.54, 1.807) is 46.5 Å². The van der Waals surface area contributed by atoms with Gasteiger partial charge in [-0.1, -0.05) is 18.2 Å². The second kappa shape index (κ2) is 6.22. The summed E-state index contributed by atoms with van der Waals surface area (Å²) in [5, 5.41) is 0.